The molecule has 1 heterocycles. The van der Waals surface area contributed by atoms with E-state index in [-0.39, 0.29) is 5.41 Å². The normalized spacial score (nSPS) is 13.4. The SMILES string of the molecule is Cc1ccccc1[C@@H](C)NCc1csc(C(C)(C)C)n1. The van der Waals surface area contributed by atoms with Crippen LogP contribution in [0.25, 0.3) is 0 Å². The first kappa shape index (κ1) is 15.2. The molecule has 1 aromatic carbocycles. The van der Waals surface area contributed by atoms with Gasteiger partial charge in [0.05, 0.1) is 10.7 Å². The molecule has 0 radical (unpaired) electrons. The summed E-state index contributed by atoms with van der Waals surface area (Å²) < 4.78 is 0. The van der Waals surface area contributed by atoms with Crippen molar-refractivity contribution in [2.24, 2.45) is 0 Å². The Bertz CT molecular complexity index is 566. The Morgan fingerprint density at radius 2 is 1.95 bits per heavy atom. The molecule has 0 aliphatic carbocycles. The zero-order valence-electron chi connectivity index (χ0n) is 13.0. The summed E-state index contributed by atoms with van der Waals surface area (Å²) in [6.45, 7) is 11.8. The summed E-state index contributed by atoms with van der Waals surface area (Å²) in [6, 6.07) is 8.88. The number of nitrogens with one attached hydrogen (secondary N) is 1. The topological polar surface area (TPSA) is 24.9 Å². The van der Waals surface area contributed by atoms with E-state index >= 15 is 0 Å². The maximum absolute atomic E-state index is 4.73. The van der Waals surface area contributed by atoms with Crippen LogP contribution in [0.2, 0.25) is 0 Å². The van der Waals surface area contributed by atoms with Gasteiger partial charge in [0.25, 0.3) is 0 Å². The second-order valence-corrected chi connectivity index (χ2v) is 7.21. The lowest BCUT2D eigenvalue weighted by Gasteiger charge is -2.16. The van der Waals surface area contributed by atoms with Crippen molar-refractivity contribution in [1.29, 1.82) is 0 Å². The number of rotatable bonds is 4. The van der Waals surface area contributed by atoms with E-state index in [0.717, 1.165) is 12.2 Å². The van der Waals surface area contributed by atoms with Crippen molar-refractivity contribution in [3.8, 4) is 0 Å². The second kappa shape index (κ2) is 6.06. The van der Waals surface area contributed by atoms with Gasteiger partial charge in [-0.05, 0) is 25.0 Å². The van der Waals surface area contributed by atoms with Crippen LogP contribution in [0.5, 0.6) is 0 Å². The molecular weight excluding hydrogens is 264 g/mol. The number of hydrogen-bond donors (Lipinski definition) is 1. The Kier molecular flexibility index (Phi) is 4.61. The van der Waals surface area contributed by atoms with Crippen LogP contribution >= 0.6 is 11.3 Å². The number of thiazole rings is 1. The molecule has 1 N–H and O–H groups in total. The molecule has 0 spiro atoms. The fourth-order valence-electron chi connectivity index (χ4n) is 2.17. The first-order valence-corrected chi connectivity index (χ1v) is 7.99. The van der Waals surface area contributed by atoms with E-state index in [1.54, 1.807) is 11.3 Å². The third-order valence-electron chi connectivity index (χ3n) is 3.44. The van der Waals surface area contributed by atoms with E-state index in [4.69, 9.17) is 4.98 Å². The molecule has 108 valence electrons. The Morgan fingerprint density at radius 1 is 1.25 bits per heavy atom. The van der Waals surface area contributed by atoms with Crippen molar-refractivity contribution in [3.63, 3.8) is 0 Å². The lowest BCUT2D eigenvalue weighted by molar-refractivity contribution is 0.555. The summed E-state index contributed by atoms with van der Waals surface area (Å²) in [5, 5.41) is 6.94. The fraction of sp³-hybridized carbons (Fsp3) is 0.471. The Labute approximate surface area is 126 Å². The molecule has 3 heteroatoms. The van der Waals surface area contributed by atoms with Crippen LogP contribution in [-0.4, -0.2) is 4.98 Å². The van der Waals surface area contributed by atoms with E-state index in [1.807, 2.05) is 0 Å². The zero-order chi connectivity index (χ0) is 14.8. The van der Waals surface area contributed by atoms with Crippen molar-refractivity contribution in [1.82, 2.24) is 10.3 Å². The molecule has 2 nitrogen and oxygen atoms in total. The molecule has 1 aromatic heterocycles. The Balaban J connectivity index is 1.99. The van der Waals surface area contributed by atoms with Crippen LogP contribution in [0.4, 0.5) is 0 Å². The third kappa shape index (κ3) is 3.68. The summed E-state index contributed by atoms with van der Waals surface area (Å²) in [7, 11) is 0. The maximum atomic E-state index is 4.73. The number of nitrogens with zero attached hydrogens (tertiary/aromatic N) is 1. The van der Waals surface area contributed by atoms with Gasteiger partial charge in [0.15, 0.2) is 0 Å². The van der Waals surface area contributed by atoms with Crippen LogP contribution in [0.1, 0.15) is 55.6 Å². The minimum absolute atomic E-state index is 0.143. The second-order valence-electron chi connectivity index (χ2n) is 6.35. The highest BCUT2D eigenvalue weighted by Gasteiger charge is 2.18. The Morgan fingerprint density at radius 3 is 2.55 bits per heavy atom. The first-order valence-electron chi connectivity index (χ1n) is 7.11. The number of aromatic nitrogens is 1. The summed E-state index contributed by atoms with van der Waals surface area (Å²) >= 11 is 1.76. The number of benzene rings is 1. The van der Waals surface area contributed by atoms with Gasteiger partial charge in [0, 0.05) is 23.4 Å². The van der Waals surface area contributed by atoms with E-state index in [2.05, 4.69) is 69.6 Å². The summed E-state index contributed by atoms with van der Waals surface area (Å²) in [6.07, 6.45) is 0. The standard InChI is InChI=1S/C17H24N2S/c1-12-8-6-7-9-15(12)13(2)18-10-14-11-20-16(19-14)17(3,4)5/h6-9,11,13,18H,10H2,1-5H3/t13-/m1/s1. The average molecular weight is 288 g/mol. The predicted molar refractivity (Wildman–Crippen MR) is 87.2 cm³/mol. The minimum atomic E-state index is 0.143. The molecule has 2 rings (SSSR count). The largest absolute Gasteiger partial charge is 0.305 e. The fourth-order valence-corrected chi connectivity index (χ4v) is 3.08. The van der Waals surface area contributed by atoms with Crippen LogP contribution in [0.15, 0.2) is 29.6 Å². The van der Waals surface area contributed by atoms with Gasteiger partial charge < -0.3 is 5.32 Å². The van der Waals surface area contributed by atoms with Crippen LogP contribution < -0.4 is 5.32 Å². The molecule has 0 aliphatic heterocycles. The van der Waals surface area contributed by atoms with Crippen LogP contribution in [-0.2, 0) is 12.0 Å². The van der Waals surface area contributed by atoms with Gasteiger partial charge in [0.1, 0.15) is 0 Å². The lowest BCUT2D eigenvalue weighted by atomic mass is 9.98. The summed E-state index contributed by atoms with van der Waals surface area (Å²) in [4.78, 5) is 4.73. The van der Waals surface area contributed by atoms with E-state index in [0.29, 0.717) is 6.04 Å². The molecule has 2 aromatic rings. The molecule has 0 bridgehead atoms. The highest BCUT2D eigenvalue weighted by Crippen LogP contribution is 2.26. The van der Waals surface area contributed by atoms with Crippen molar-refractivity contribution in [3.05, 3.63) is 51.5 Å². The Hall–Kier alpha value is -1.19. The molecule has 0 saturated carbocycles. The van der Waals surface area contributed by atoms with Gasteiger partial charge in [-0.25, -0.2) is 4.98 Å². The van der Waals surface area contributed by atoms with Crippen molar-refractivity contribution < 1.29 is 0 Å². The van der Waals surface area contributed by atoms with E-state index < -0.39 is 0 Å². The quantitative estimate of drug-likeness (QED) is 0.889. The highest BCUT2D eigenvalue weighted by atomic mass is 32.1. The summed E-state index contributed by atoms with van der Waals surface area (Å²) in [5.74, 6) is 0. The summed E-state index contributed by atoms with van der Waals surface area (Å²) in [5.41, 5.74) is 3.98. The van der Waals surface area contributed by atoms with Gasteiger partial charge >= 0.3 is 0 Å². The van der Waals surface area contributed by atoms with Gasteiger partial charge in [-0.1, -0.05) is 45.0 Å². The van der Waals surface area contributed by atoms with Gasteiger partial charge in [0.2, 0.25) is 0 Å². The number of aryl methyl sites for hydroxylation is 1. The molecule has 20 heavy (non-hydrogen) atoms. The first-order chi connectivity index (χ1) is 9.38. The third-order valence-corrected chi connectivity index (χ3v) is 4.75. The molecule has 0 saturated heterocycles. The smallest absolute Gasteiger partial charge is 0.0982 e. The van der Waals surface area contributed by atoms with Crippen molar-refractivity contribution >= 4 is 11.3 Å². The van der Waals surface area contributed by atoms with Crippen LogP contribution in [0.3, 0.4) is 0 Å². The molecular formula is C17H24N2S. The van der Waals surface area contributed by atoms with Crippen LogP contribution in [0, 0.1) is 6.92 Å². The van der Waals surface area contributed by atoms with E-state index in [9.17, 15) is 0 Å². The maximum Gasteiger partial charge on any atom is 0.0982 e. The number of hydrogen-bond acceptors (Lipinski definition) is 3. The molecule has 0 amide bonds. The van der Waals surface area contributed by atoms with Gasteiger partial charge in [-0.3, -0.25) is 0 Å². The predicted octanol–water partition coefficient (Wildman–Crippen LogP) is 4.60. The molecule has 0 fully saturated rings. The molecule has 0 aliphatic rings. The van der Waals surface area contributed by atoms with E-state index in [1.165, 1.54) is 16.1 Å². The monoisotopic (exact) mass is 288 g/mol. The molecule has 0 unspecified atom stereocenters. The van der Waals surface area contributed by atoms with Gasteiger partial charge in [-0.15, -0.1) is 11.3 Å². The average Bonchev–Trinajstić information content (AvgIpc) is 2.85. The van der Waals surface area contributed by atoms with Crippen molar-refractivity contribution in [2.45, 2.75) is 52.6 Å². The molecule has 1 atom stereocenters. The van der Waals surface area contributed by atoms with Gasteiger partial charge in [-0.2, -0.15) is 0 Å². The highest BCUT2D eigenvalue weighted by molar-refractivity contribution is 7.09. The minimum Gasteiger partial charge on any atom is -0.305 e. The lowest BCUT2D eigenvalue weighted by Crippen LogP contribution is -2.19. The van der Waals surface area contributed by atoms with Crippen molar-refractivity contribution in [2.75, 3.05) is 0 Å². The zero-order valence-corrected chi connectivity index (χ0v) is 13.8.